The van der Waals surface area contributed by atoms with Crippen LogP contribution in [0, 0.1) is 5.82 Å². The molecule has 0 bridgehead atoms. The lowest BCUT2D eigenvalue weighted by Gasteiger charge is -2.24. The predicted molar refractivity (Wildman–Crippen MR) is 77.3 cm³/mol. The van der Waals surface area contributed by atoms with Crippen LogP contribution in [-0.4, -0.2) is 38.9 Å². The van der Waals surface area contributed by atoms with Gasteiger partial charge in [-0.05, 0) is 32.0 Å². The van der Waals surface area contributed by atoms with Crippen molar-refractivity contribution < 1.29 is 12.8 Å². The van der Waals surface area contributed by atoms with Gasteiger partial charge in [-0.15, -0.1) is 0 Å². The van der Waals surface area contributed by atoms with Gasteiger partial charge in [0.05, 0.1) is 10.0 Å². The third kappa shape index (κ3) is 2.94. The van der Waals surface area contributed by atoms with Crippen LogP contribution in [0.15, 0.2) is 17.0 Å². The number of nitrogens with one attached hydrogen (secondary N) is 1. The van der Waals surface area contributed by atoms with E-state index >= 15 is 0 Å². The summed E-state index contributed by atoms with van der Waals surface area (Å²) in [5.41, 5.74) is 0. The van der Waals surface area contributed by atoms with Crippen LogP contribution in [0.2, 0.25) is 10.0 Å². The normalized spacial score (nSPS) is 20.5. The third-order valence-electron chi connectivity index (χ3n) is 3.29. The van der Waals surface area contributed by atoms with E-state index in [1.807, 2.05) is 0 Å². The van der Waals surface area contributed by atoms with E-state index in [0.29, 0.717) is 13.1 Å². The van der Waals surface area contributed by atoms with Crippen LogP contribution in [0.3, 0.4) is 0 Å². The van der Waals surface area contributed by atoms with E-state index in [1.54, 1.807) is 7.05 Å². The van der Waals surface area contributed by atoms with Crippen molar-refractivity contribution in [3.8, 4) is 0 Å². The van der Waals surface area contributed by atoms with E-state index in [1.165, 1.54) is 4.31 Å². The van der Waals surface area contributed by atoms with Gasteiger partial charge in [0, 0.05) is 19.1 Å². The molecule has 2 rings (SSSR count). The Morgan fingerprint density at radius 3 is 2.55 bits per heavy atom. The molecule has 1 aromatic carbocycles. The number of rotatable bonds is 4. The van der Waals surface area contributed by atoms with Crippen LogP contribution >= 0.6 is 23.2 Å². The van der Waals surface area contributed by atoms with Gasteiger partial charge in [0.2, 0.25) is 10.0 Å². The smallest absolute Gasteiger partial charge is 0.246 e. The minimum atomic E-state index is -3.83. The van der Waals surface area contributed by atoms with Gasteiger partial charge in [-0.25, -0.2) is 12.8 Å². The zero-order valence-electron chi connectivity index (χ0n) is 10.9. The lowest BCUT2D eigenvalue weighted by atomic mass is 10.2. The van der Waals surface area contributed by atoms with Crippen molar-refractivity contribution in [2.75, 3.05) is 20.1 Å². The number of sulfonamides is 1. The number of hydrogen-bond acceptors (Lipinski definition) is 3. The second-order valence-corrected chi connectivity index (χ2v) is 7.31. The number of nitrogens with zero attached hydrogens (tertiary/aromatic N) is 1. The minimum absolute atomic E-state index is 0.137. The molecule has 0 aliphatic carbocycles. The predicted octanol–water partition coefficient (Wildman–Crippen LogP) is 2.51. The maximum absolute atomic E-state index is 13.2. The standard InChI is InChI=1S/C12H15Cl2FN2O2S/c1-16-7-9-3-2-4-17(9)20(18,19)12-10(13)5-8(15)6-11(12)14/h5-6,9,16H,2-4,7H2,1H3. The zero-order valence-corrected chi connectivity index (χ0v) is 13.2. The van der Waals surface area contributed by atoms with Crippen molar-refractivity contribution >= 4 is 33.2 Å². The van der Waals surface area contributed by atoms with Crippen molar-refractivity contribution in [3.05, 3.63) is 28.0 Å². The van der Waals surface area contributed by atoms with Gasteiger partial charge in [0.15, 0.2) is 0 Å². The Morgan fingerprint density at radius 2 is 2.00 bits per heavy atom. The summed E-state index contributed by atoms with van der Waals surface area (Å²) < 4.78 is 39.9. The molecule has 1 aromatic rings. The fourth-order valence-corrected chi connectivity index (χ4v) is 5.29. The van der Waals surface area contributed by atoms with Crippen LogP contribution in [0.25, 0.3) is 0 Å². The topological polar surface area (TPSA) is 49.4 Å². The first-order chi connectivity index (χ1) is 9.37. The molecule has 0 aromatic heterocycles. The molecule has 0 spiro atoms. The maximum atomic E-state index is 13.2. The molecule has 1 atom stereocenters. The van der Waals surface area contributed by atoms with Crippen LogP contribution in [0.1, 0.15) is 12.8 Å². The molecule has 1 N–H and O–H groups in total. The summed E-state index contributed by atoms with van der Waals surface area (Å²) >= 11 is 11.8. The van der Waals surface area contributed by atoms with Gasteiger partial charge in [0.1, 0.15) is 10.7 Å². The third-order valence-corrected chi connectivity index (χ3v) is 6.17. The van der Waals surface area contributed by atoms with Crippen molar-refractivity contribution in [2.45, 2.75) is 23.8 Å². The van der Waals surface area contributed by atoms with E-state index in [2.05, 4.69) is 5.32 Å². The average Bonchev–Trinajstić information content (AvgIpc) is 2.76. The van der Waals surface area contributed by atoms with E-state index in [9.17, 15) is 12.8 Å². The zero-order chi connectivity index (χ0) is 14.9. The molecule has 8 heteroatoms. The first-order valence-corrected chi connectivity index (χ1v) is 8.38. The summed E-state index contributed by atoms with van der Waals surface area (Å²) in [5, 5.41) is 2.59. The molecule has 1 unspecified atom stereocenters. The van der Waals surface area contributed by atoms with E-state index in [4.69, 9.17) is 23.2 Å². The molecule has 4 nitrogen and oxygen atoms in total. The number of halogens is 3. The Balaban J connectivity index is 2.45. The average molecular weight is 341 g/mol. The highest BCUT2D eigenvalue weighted by atomic mass is 35.5. The van der Waals surface area contributed by atoms with Gasteiger partial charge in [-0.2, -0.15) is 4.31 Å². The maximum Gasteiger partial charge on any atom is 0.246 e. The molecular weight excluding hydrogens is 326 g/mol. The van der Waals surface area contributed by atoms with Crippen molar-refractivity contribution in [1.29, 1.82) is 0 Å². The molecule has 112 valence electrons. The Kier molecular flexibility index (Phi) is 4.92. The number of benzene rings is 1. The highest BCUT2D eigenvalue weighted by Crippen LogP contribution is 2.35. The first kappa shape index (κ1) is 16.0. The SMILES string of the molecule is CNCC1CCCN1S(=O)(=O)c1c(Cl)cc(F)cc1Cl. The Bertz CT molecular complexity index is 586. The molecule has 0 amide bonds. The second-order valence-electron chi connectivity index (χ2n) is 4.67. The lowest BCUT2D eigenvalue weighted by Crippen LogP contribution is -2.41. The number of hydrogen-bond donors (Lipinski definition) is 1. The van der Waals surface area contributed by atoms with Crippen LogP contribution in [0.4, 0.5) is 4.39 Å². The number of likely N-dealkylation sites (N-methyl/N-ethyl adjacent to an activating group) is 1. The highest BCUT2D eigenvalue weighted by molar-refractivity contribution is 7.89. The summed E-state index contributed by atoms with van der Waals surface area (Å²) in [4.78, 5) is -0.217. The molecule has 1 fully saturated rings. The molecule has 1 saturated heterocycles. The molecule has 0 saturated carbocycles. The van der Waals surface area contributed by atoms with E-state index in [0.717, 1.165) is 25.0 Å². The van der Waals surface area contributed by atoms with Gasteiger partial charge in [0.25, 0.3) is 0 Å². The van der Waals surface area contributed by atoms with Crippen LogP contribution in [0.5, 0.6) is 0 Å². The Labute approximate surface area is 127 Å². The molecule has 1 heterocycles. The van der Waals surface area contributed by atoms with Crippen LogP contribution < -0.4 is 5.32 Å². The lowest BCUT2D eigenvalue weighted by molar-refractivity contribution is 0.379. The second kappa shape index (κ2) is 6.15. The summed E-state index contributed by atoms with van der Waals surface area (Å²) in [6, 6.07) is 1.79. The van der Waals surface area contributed by atoms with E-state index < -0.39 is 15.8 Å². The summed E-state index contributed by atoms with van der Waals surface area (Å²) in [5.74, 6) is -0.660. The van der Waals surface area contributed by atoms with Gasteiger partial charge in [-0.3, -0.25) is 0 Å². The summed E-state index contributed by atoms with van der Waals surface area (Å²) in [6.07, 6.45) is 1.55. The van der Waals surface area contributed by atoms with E-state index in [-0.39, 0.29) is 21.0 Å². The van der Waals surface area contributed by atoms with Crippen molar-refractivity contribution in [3.63, 3.8) is 0 Å². The van der Waals surface area contributed by atoms with Gasteiger partial charge >= 0.3 is 0 Å². The van der Waals surface area contributed by atoms with Crippen LogP contribution in [-0.2, 0) is 10.0 Å². The largest absolute Gasteiger partial charge is 0.318 e. The first-order valence-electron chi connectivity index (χ1n) is 6.19. The molecule has 20 heavy (non-hydrogen) atoms. The van der Waals surface area contributed by atoms with Crippen molar-refractivity contribution in [2.24, 2.45) is 0 Å². The Morgan fingerprint density at radius 1 is 1.40 bits per heavy atom. The molecule has 1 aliphatic heterocycles. The molecule has 0 radical (unpaired) electrons. The Hall–Kier alpha value is -0.400. The summed E-state index contributed by atoms with van der Waals surface area (Å²) in [6.45, 7) is 0.967. The van der Waals surface area contributed by atoms with Gasteiger partial charge < -0.3 is 5.32 Å². The highest BCUT2D eigenvalue weighted by Gasteiger charge is 2.37. The summed E-state index contributed by atoms with van der Waals surface area (Å²) in [7, 11) is -2.06. The van der Waals surface area contributed by atoms with Crippen molar-refractivity contribution in [1.82, 2.24) is 9.62 Å². The fraction of sp³-hybridized carbons (Fsp3) is 0.500. The van der Waals surface area contributed by atoms with Gasteiger partial charge in [-0.1, -0.05) is 23.2 Å². The minimum Gasteiger partial charge on any atom is -0.318 e. The fourth-order valence-electron chi connectivity index (χ4n) is 2.46. The quantitative estimate of drug-likeness (QED) is 0.916. The molecular formula is C12H15Cl2FN2O2S. The monoisotopic (exact) mass is 340 g/mol. The molecule has 1 aliphatic rings.